The summed E-state index contributed by atoms with van der Waals surface area (Å²) in [6.45, 7) is 4.51. The molecular weight excluding hydrogens is 266 g/mol. The van der Waals surface area contributed by atoms with Crippen LogP contribution in [0.4, 0.5) is 0 Å². The van der Waals surface area contributed by atoms with Gasteiger partial charge in [-0.05, 0) is 37.6 Å². The van der Waals surface area contributed by atoms with Crippen molar-refractivity contribution >= 4 is 5.97 Å². The molecule has 0 aliphatic heterocycles. The molecule has 1 atom stereocenters. The summed E-state index contributed by atoms with van der Waals surface area (Å²) < 4.78 is 1.72. The SMILES string of the molecule is Cc1cccc(C(C(=O)O)N(C)Cc2cnn(C)c2)c1C. The summed E-state index contributed by atoms with van der Waals surface area (Å²) in [4.78, 5) is 13.6. The van der Waals surface area contributed by atoms with Crippen LogP contribution in [0.3, 0.4) is 0 Å². The van der Waals surface area contributed by atoms with E-state index in [1.54, 1.807) is 10.9 Å². The van der Waals surface area contributed by atoms with Crippen LogP contribution >= 0.6 is 0 Å². The molecule has 2 aromatic rings. The van der Waals surface area contributed by atoms with Gasteiger partial charge in [-0.3, -0.25) is 14.4 Å². The fourth-order valence-corrected chi connectivity index (χ4v) is 2.56. The van der Waals surface area contributed by atoms with Crippen LogP contribution in [0.5, 0.6) is 0 Å². The third kappa shape index (κ3) is 3.31. The quantitative estimate of drug-likeness (QED) is 0.916. The molecule has 0 spiro atoms. The van der Waals surface area contributed by atoms with Crippen molar-refractivity contribution in [3.63, 3.8) is 0 Å². The molecule has 0 saturated carbocycles. The summed E-state index contributed by atoms with van der Waals surface area (Å²) in [7, 11) is 3.68. The lowest BCUT2D eigenvalue weighted by Crippen LogP contribution is -2.31. The van der Waals surface area contributed by atoms with Gasteiger partial charge in [0.1, 0.15) is 6.04 Å². The minimum Gasteiger partial charge on any atom is -0.480 e. The first kappa shape index (κ1) is 15.3. The van der Waals surface area contributed by atoms with E-state index in [9.17, 15) is 9.90 Å². The minimum atomic E-state index is -0.838. The minimum absolute atomic E-state index is 0.540. The van der Waals surface area contributed by atoms with Gasteiger partial charge < -0.3 is 5.11 Å². The fraction of sp³-hybridized carbons (Fsp3) is 0.375. The molecule has 0 aliphatic carbocycles. The largest absolute Gasteiger partial charge is 0.480 e. The van der Waals surface area contributed by atoms with Gasteiger partial charge in [-0.2, -0.15) is 5.10 Å². The fourth-order valence-electron chi connectivity index (χ4n) is 2.56. The Bertz CT molecular complexity index is 649. The lowest BCUT2D eigenvalue weighted by molar-refractivity contribution is -0.143. The topological polar surface area (TPSA) is 58.4 Å². The molecule has 1 N–H and O–H groups in total. The standard InChI is InChI=1S/C16H21N3O2/c1-11-6-5-7-14(12(11)2)15(16(20)21)18(3)9-13-8-17-19(4)10-13/h5-8,10,15H,9H2,1-4H3,(H,20,21). The maximum Gasteiger partial charge on any atom is 0.325 e. The van der Waals surface area contributed by atoms with Crippen LogP contribution in [0.25, 0.3) is 0 Å². The lowest BCUT2D eigenvalue weighted by Gasteiger charge is -2.26. The van der Waals surface area contributed by atoms with Crippen molar-refractivity contribution in [2.45, 2.75) is 26.4 Å². The van der Waals surface area contributed by atoms with Crippen LogP contribution in [0.1, 0.15) is 28.3 Å². The number of aliphatic carboxylic acids is 1. The molecule has 2 rings (SSSR count). The number of nitrogens with zero attached hydrogens (tertiary/aromatic N) is 3. The van der Waals surface area contributed by atoms with E-state index in [1.807, 2.05) is 57.2 Å². The Kier molecular flexibility index (Phi) is 4.43. The normalized spacial score (nSPS) is 12.6. The molecule has 21 heavy (non-hydrogen) atoms. The van der Waals surface area contributed by atoms with Crippen molar-refractivity contribution in [3.05, 3.63) is 52.8 Å². The number of aryl methyl sites for hydroxylation is 2. The molecular formula is C16H21N3O2. The highest BCUT2D eigenvalue weighted by Crippen LogP contribution is 2.26. The van der Waals surface area contributed by atoms with Gasteiger partial charge in [-0.15, -0.1) is 0 Å². The van der Waals surface area contributed by atoms with Crippen molar-refractivity contribution in [1.29, 1.82) is 0 Å². The van der Waals surface area contributed by atoms with E-state index in [4.69, 9.17) is 0 Å². The van der Waals surface area contributed by atoms with Gasteiger partial charge >= 0.3 is 5.97 Å². The van der Waals surface area contributed by atoms with Crippen molar-refractivity contribution in [2.75, 3.05) is 7.05 Å². The number of carboxylic acids is 1. The van der Waals surface area contributed by atoms with Crippen LogP contribution in [-0.4, -0.2) is 32.8 Å². The van der Waals surface area contributed by atoms with Gasteiger partial charge in [0, 0.05) is 25.4 Å². The zero-order valence-electron chi connectivity index (χ0n) is 12.9. The Hall–Kier alpha value is -2.14. The van der Waals surface area contributed by atoms with E-state index >= 15 is 0 Å². The Morgan fingerprint density at radius 3 is 2.71 bits per heavy atom. The molecule has 0 fully saturated rings. The molecule has 1 aromatic carbocycles. The van der Waals surface area contributed by atoms with Gasteiger partial charge in [0.2, 0.25) is 0 Å². The molecule has 1 aromatic heterocycles. The highest BCUT2D eigenvalue weighted by Gasteiger charge is 2.26. The first-order valence-corrected chi connectivity index (χ1v) is 6.87. The number of carbonyl (C=O) groups is 1. The molecule has 0 amide bonds. The van der Waals surface area contributed by atoms with Gasteiger partial charge in [0.15, 0.2) is 0 Å². The number of carboxylic acid groups (broad SMARTS) is 1. The summed E-state index contributed by atoms with van der Waals surface area (Å²) in [5.41, 5.74) is 3.97. The first-order chi connectivity index (χ1) is 9.90. The smallest absolute Gasteiger partial charge is 0.325 e. The van der Waals surface area contributed by atoms with Crippen LogP contribution in [0, 0.1) is 13.8 Å². The summed E-state index contributed by atoms with van der Waals surface area (Å²) in [5, 5.41) is 13.8. The van der Waals surface area contributed by atoms with E-state index in [2.05, 4.69) is 5.10 Å². The molecule has 0 aliphatic rings. The number of likely N-dealkylation sites (N-methyl/N-ethyl adjacent to an activating group) is 1. The Balaban J connectivity index is 2.30. The predicted octanol–water partition coefficient (Wildman–Crippen LogP) is 2.29. The Labute approximate surface area is 124 Å². The van der Waals surface area contributed by atoms with Gasteiger partial charge in [-0.25, -0.2) is 0 Å². The Morgan fingerprint density at radius 1 is 1.43 bits per heavy atom. The summed E-state index contributed by atoms with van der Waals surface area (Å²) in [5.74, 6) is -0.838. The van der Waals surface area contributed by atoms with E-state index in [-0.39, 0.29) is 0 Å². The highest BCUT2D eigenvalue weighted by molar-refractivity contribution is 5.76. The molecule has 1 unspecified atom stereocenters. The van der Waals surface area contributed by atoms with Gasteiger partial charge in [0.25, 0.3) is 0 Å². The molecule has 1 heterocycles. The number of hydrogen-bond acceptors (Lipinski definition) is 3. The molecule has 0 saturated heterocycles. The third-order valence-electron chi connectivity index (χ3n) is 3.81. The number of benzene rings is 1. The average Bonchev–Trinajstić information content (AvgIpc) is 2.80. The summed E-state index contributed by atoms with van der Waals surface area (Å²) in [6, 6.07) is 5.13. The van der Waals surface area contributed by atoms with Crippen molar-refractivity contribution < 1.29 is 9.90 Å². The lowest BCUT2D eigenvalue weighted by atomic mass is 9.96. The highest BCUT2D eigenvalue weighted by atomic mass is 16.4. The van der Waals surface area contributed by atoms with Crippen LogP contribution < -0.4 is 0 Å². The zero-order chi connectivity index (χ0) is 15.6. The maximum atomic E-state index is 11.7. The molecule has 5 heteroatoms. The second-order valence-corrected chi connectivity index (χ2v) is 5.47. The second kappa shape index (κ2) is 6.10. The van der Waals surface area contributed by atoms with Gasteiger partial charge in [0.05, 0.1) is 6.20 Å². The van der Waals surface area contributed by atoms with E-state index < -0.39 is 12.0 Å². The van der Waals surface area contributed by atoms with E-state index in [0.29, 0.717) is 6.54 Å². The molecule has 0 bridgehead atoms. The van der Waals surface area contributed by atoms with Gasteiger partial charge in [-0.1, -0.05) is 18.2 Å². The molecule has 112 valence electrons. The van der Waals surface area contributed by atoms with E-state index in [1.165, 1.54) is 0 Å². The van der Waals surface area contributed by atoms with Crippen molar-refractivity contribution in [3.8, 4) is 0 Å². The maximum absolute atomic E-state index is 11.7. The van der Waals surface area contributed by atoms with Crippen molar-refractivity contribution in [1.82, 2.24) is 14.7 Å². The number of hydrogen-bond donors (Lipinski definition) is 1. The molecule has 0 radical (unpaired) electrons. The monoisotopic (exact) mass is 287 g/mol. The van der Waals surface area contributed by atoms with Crippen molar-refractivity contribution in [2.24, 2.45) is 7.05 Å². The third-order valence-corrected chi connectivity index (χ3v) is 3.81. The number of aromatic nitrogens is 2. The summed E-state index contributed by atoms with van der Waals surface area (Å²) in [6.07, 6.45) is 3.66. The second-order valence-electron chi connectivity index (χ2n) is 5.47. The zero-order valence-corrected chi connectivity index (χ0v) is 12.9. The summed E-state index contributed by atoms with van der Waals surface area (Å²) >= 11 is 0. The predicted molar refractivity (Wildman–Crippen MR) is 81.0 cm³/mol. The first-order valence-electron chi connectivity index (χ1n) is 6.87. The number of rotatable bonds is 5. The van der Waals surface area contributed by atoms with Crippen LogP contribution in [0.2, 0.25) is 0 Å². The Morgan fingerprint density at radius 2 is 2.14 bits per heavy atom. The van der Waals surface area contributed by atoms with E-state index in [0.717, 1.165) is 22.3 Å². The van der Waals surface area contributed by atoms with Crippen LogP contribution in [0.15, 0.2) is 30.6 Å². The van der Waals surface area contributed by atoms with Crippen LogP contribution in [-0.2, 0) is 18.4 Å². The molecule has 5 nitrogen and oxygen atoms in total. The average molecular weight is 287 g/mol.